The van der Waals surface area contributed by atoms with Crippen LogP contribution in [-0.4, -0.2) is 54.3 Å². The minimum atomic E-state index is 0.150. The van der Waals surface area contributed by atoms with E-state index in [9.17, 15) is 0 Å². The Balaban J connectivity index is 1.46. The lowest BCUT2D eigenvalue weighted by Crippen LogP contribution is -2.40. The summed E-state index contributed by atoms with van der Waals surface area (Å²) in [7, 11) is 0. The lowest BCUT2D eigenvalue weighted by Gasteiger charge is -2.31. The van der Waals surface area contributed by atoms with Crippen LogP contribution < -0.4 is 4.90 Å². The standard InChI is InChI=1S/C18H24N4O2/c1-15-3-4-16(24-15)11-21-9-10-23-14-18(12-21)5-8-22(13-18)17-19-6-2-7-20-17/h2-4,6-7H,5,8-14H2,1H3/t18-/m1/s1. The van der Waals surface area contributed by atoms with Gasteiger partial charge in [-0.15, -0.1) is 0 Å². The van der Waals surface area contributed by atoms with Crippen LogP contribution in [0.15, 0.2) is 35.0 Å². The van der Waals surface area contributed by atoms with Crippen LogP contribution in [0.25, 0.3) is 0 Å². The predicted molar refractivity (Wildman–Crippen MR) is 90.8 cm³/mol. The number of hydrogen-bond acceptors (Lipinski definition) is 6. The summed E-state index contributed by atoms with van der Waals surface area (Å²) in [5, 5.41) is 0. The van der Waals surface area contributed by atoms with Crippen molar-refractivity contribution in [1.82, 2.24) is 14.9 Å². The summed E-state index contributed by atoms with van der Waals surface area (Å²) in [5.41, 5.74) is 0.150. The molecule has 1 atom stereocenters. The summed E-state index contributed by atoms with van der Waals surface area (Å²) in [6, 6.07) is 5.97. The monoisotopic (exact) mass is 328 g/mol. The molecule has 0 unspecified atom stereocenters. The Kier molecular flexibility index (Phi) is 4.24. The van der Waals surface area contributed by atoms with Gasteiger partial charge in [-0.1, -0.05) is 0 Å². The van der Waals surface area contributed by atoms with E-state index in [0.717, 1.165) is 69.8 Å². The third kappa shape index (κ3) is 3.30. The molecule has 128 valence electrons. The Morgan fingerprint density at radius 1 is 1.17 bits per heavy atom. The zero-order valence-electron chi connectivity index (χ0n) is 14.1. The molecule has 0 saturated carbocycles. The number of anilines is 1. The molecule has 4 heterocycles. The zero-order chi connectivity index (χ0) is 16.4. The number of aromatic nitrogens is 2. The average Bonchev–Trinajstić information content (AvgIpc) is 3.13. The SMILES string of the molecule is Cc1ccc(CN2CCOC[C@]3(CCN(c4ncccn4)C3)C2)o1. The molecule has 2 aromatic heterocycles. The number of rotatable bonds is 3. The fourth-order valence-corrected chi connectivity index (χ4v) is 3.81. The van der Waals surface area contributed by atoms with E-state index >= 15 is 0 Å². The van der Waals surface area contributed by atoms with E-state index in [0.29, 0.717) is 0 Å². The molecule has 6 nitrogen and oxygen atoms in total. The molecule has 2 aliphatic heterocycles. The summed E-state index contributed by atoms with van der Waals surface area (Å²) in [5.74, 6) is 2.83. The molecule has 0 aliphatic carbocycles. The maximum Gasteiger partial charge on any atom is 0.225 e. The normalized spacial score (nSPS) is 25.3. The highest BCUT2D eigenvalue weighted by atomic mass is 16.5. The second-order valence-electron chi connectivity index (χ2n) is 7.00. The van der Waals surface area contributed by atoms with Crippen LogP contribution in [-0.2, 0) is 11.3 Å². The lowest BCUT2D eigenvalue weighted by molar-refractivity contribution is 0.0796. The van der Waals surface area contributed by atoms with E-state index in [1.54, 1.807) is 0 Å². The summed E-state index contributed by atoms with van der Waals surface area (Å²) in [6.07, 6.45) is 4.73. The molecule has 0 radical (unpaired) electrons. The van der Waals surface area contributed by atoms with E-state index in [1.165, 1.54) is 0 Å². The van der Waals surface area contributed by atoms with Crippen molar-refractivity contribution < 1.29 is 9.15 Å². The van der Waals surface area contributed by atoms with Crippen molar-refractivity contribution in [3.8, 4) is 0 Å². The lowest BCUT2D eigenvalue weighted by atomic mass is 9.87. The molecule has 1 spiro atoms. The molecule has 24 heavy (non-hydrogen) atoms. The largest absolute Gasteiger partial charge is 0.465 e. The number of nitrogens with zero attached hydrogens (tertiary/aromatic N) is 4. The Bertz CT molecular complexity index is 675. The molecular formula is C18H24N4O2. The molecular weight excluding hydrogens is 304 g/mol. The second-order valence-corrected chi connectivity index (χ2v) is 7.00. The van der Waals surface area contributed by atoms with Gasteiger partial charge >= 0.3 is 0 Å². The molecule has 6 heteroatoms. The van der Waals surface area contributed by atoms with Gasteiger partial charge in [0.05, 0.1) is 19.8 Å². The maximum atomic E-state index is 5.95. The fraction of sp³-hybridized carbons (Fsp3) is 0.556. The number of aryl methyl sites for hydroxylation is 1. The van der Waals surface area contributed by atoms with Gasteiger partial charge in [0.25, 0.3) is 0 Å². The van der Waals surface area contributed by atoms with Crippen molar-refractivity contribution in [2.24, 2.45) is 5.41 Å². The second kappa shape index (κ2) is 6.53. The highest BCUT2D eigenvalue weighted by Crippen LogP contribution is 2.35. The van der Waals surface area contributed by atoms with Gasteiger partial charge in [-0.3, -0.25) is 4.90 Å². The minimum Gasteiger partial charge on any atom is -0.465 e. The average molecular weight is 328 g/mol. The van der Waals surface area contributed by atoms with E-state index in [1.807, 2.05) is 31.5 Å². The summed E-state index contributed by atoms with van der Waals surface area (Å²) in [4.78, 5) is 13.5. The zero-order valence-corrected chi connectivity index (χ0v) is 14.1. The van der Waals surface area contributed by atoms with E-state index in [-0.39, 0.29) is 5.41 Å². The van der Waals surface area contributed by atoms with Gasteiger partial charge in [0.15, 0.2) is 0 Å². The third-order valence-corrected chi connectivity index (χ3v) is 4.97. The predicted octanol–water partition coefficient (Wildman–Crippen LogP) is 2.11. The van der Waals surface area contributed by atoms with Crippen molar-refractivity contribution >= 4 is 5.95 Å². The van der Waals surface area contributed by atoms with Crippen LogP contribution in [0.3, 0.4) is 0 Å². The Labute approximate surface area is 142 Å². The Morgan fingerprint density at radius 2 is 2.04 bits per heavy atom. The highest BCUT2D eigenvalue weighted by molar-refractivity contribution is 5.32. The molecule has 0 amide bonds. The van der Waals surface area contributed by atoms with Gasteiger partial charge in [0, 0.05) is 44.0 Å². The molecule has 4 rings (SSSR count). The van der Waals surface area contributed by atoms with Gasteiger partial charge in [-0.2, -0.15) is 0 Å². The molecule has 2 saturated heterocycles. The molecule has 2 fully saturated rings. The van der Waals surface area contributed by atoms with E-state index < -0.39 is 0 Å². The van der Waals surface area contributed by atoms with Crippen LogP contribution in [0.4, 0.5) is 5.95 Å². The van der Waals surface area contributed by atoms with E-state index in [4.69, 9.17) is 9.15 Å². The van der Waals surface area contributed by atoms with Crippen molar-refractivity contribution in [3.05, 3.63) is 42.1 Å². The molecule has 2 aliphatic rings. The molecule has 0 bridgehead atoms. The minimum absolute atomic E-state index is 0.150. The van der Waals surface area contributed by atoms with Gasteiger partial charge in [0.2, 0.25) is 5.95 Å². The quantitative estimate of drug-likeness (QED) is 0.860. The Morgan fingerprint density at radius 3 is 2.83 bits per heavy atom. The van der Waals surface area contributed by atoms with Crippen molar-refractivity contribution in [3.63, 3.8) is 0 Å². The van der Waals surface area contributed by atoms with Crippen molar-refractivity contribution in [1.29, 1.82) is 0 Å². The first-order chi connectivity index (χ1) is 11.7. The van der Waals surface area contributed by atoms with Crippen molar-refractivity contribution in [2.45, 2.75) is 19.9 Å². The van der Waals surface area contributed by atoms with Gasteiger partial charge < -0.3 is 14.1 Å². The number of hydrogen-bond donors (Lipinski definition) is 0. The van der Waals surface area contributed by atoms with Crippen LogP contribution in [0.1, 0.15) is 17.9 Å². The third-order valence-electron chi connectivity index (χ3n) is 4.97. The maximum absolute atomic E-state index is 5.95. The first kappa shape index (κ1) is 15.6. The van der Waals surface area contributed by atoms with Crippen LogP contribution in [0, 0.1) is 12.3 Å². The van der Waals surface area contributed by atoms with Gasteiger partial charge in [0.1, 0.15) is 11.5 Å². The number of ether oxygens (including phenoxy) is 1. The first-order valence-corrected chi connectivity index (χ1v) is 8.60. The number of furan rings is 1. The topological polar surface area (TPSA) is 54.6 Å². The Hall–Kier alpha value is -1.92. The molecule has 0 N–H and O–H groups in total. The van der Waals surface area contributed by atoms with Crippen LogP contribution in [0.2, 0.25) is 0 Å². The molecule has 2 aromatic rings. The summed E-state index contributed by atoms with van der Waals surface area (Å²) < 4.78 is 11.7. The summed E-state index contributed by atoms with van der Waals surface area (Å²) in [6.45, 7) is 8.34. The van der Waals surface area contributed by atoms with Gasteiger partial charge in [-0.05, 0) is 31.5 Å². The summed E-state index contributed by atoms with van der Waals surface area (Å²) >= 11 is 0. The highest BCUT2D eigenvalue weighted by Gasteiger charge is 2.42. The van der Waals surface area contributed by atoms with Crippen LogP contribution >= 0.6 is 0 Å². The molecule has 0 aromatic carbocycles. The first-order valence-electron chi connectivity index (χ1n) is 8.60. The van der Waals surface area contributed by atoms with Crippen molar-refractivity contribution in [2.75, 3.05) is 44.3 Å². The fourth-order valence-electron chi connectivity index (χ4n) is 3.81. The van der Waals surface area contributed by atoms with E-state index in [2.05, 4.69) is 25.8 Å². The smallest absolute Gasteiger partial charge is 0.225 e. The van der Waals surface area contributed by atoms with Gasteiger partial charge in [-0.25, -0.2) is 9.97 Å². The van der Waals surface area contributed by atoms with Crippen LogP contribution in [0.5, 0.6) is 0 Å².